The zero-order valence-electron chi connectivity index (χ0n) is 14.9. The van der Waals surface area contributed by atoms with Crippen LogP contribution in [-0.2, 0) is 0 Å². The molecule has 1 aromatic heterocycles. The lowest BCUT2D eigenvalue weighted by Crippen LogP contribution is -2.43. The molecule has 0 fully saturated rings. The first kappa shape index (κ1) is 16.5. The number of ether oxygens (including phenoxy) is 2. The van der Waals surface area contributed by atoms with E-state index in [0.717, 1.165) is 22.3 Å². The number of para-hydroxylation sites is 3. The van der Waals surface area contributed by atoms with Gasteiger partial charge in [-0.3, -0.25) is 4.79 Å². The van der Waals surface area contributed by atoms with E-state index < -0.39 is 0 Å². The molecular formula is C21H21NO4. The average molecular weight is 351 g/mol. The van der Waals surface area contributed by atoms with Crippen LogP contribution in [0.15, 0.2) is 52.9 Å². The van der Waals surface area contributed by atoms with Crippen molar-refractivity contribution in [2.75, 3.05) is 19.7 Å². The number of hydrogen-bond acceptors (Lipinski definition) is 4. The maximum absolute atomic E-state index is 13.0. The lowest BCUT2D eigenvalue weighted by molar-refractivity contribution is 0.0456. The number of amides is 1. The molecule has 0 spiro atoms. The predicted octanol–water partition coefficient (Wildman–Crippen LogP) is 4.04. The van der Waals surface area contributed by atoms with E-state index in [9.17, 15) is 4.79 Å². The Kier molecular flexibility index (Phi) is 4.29. The molecule has 2 heterocycles. The van der Waals surface area contributed by atoms with Crippen molar-refractivity contribution in [3.63, 3.8) is 0 Å². The molecule has 26 heavy (non-hydrogen) atoms. The van der Waals surface area contributed by atoms with Gasteiger partial charge >= 0.3 is 0 Å². The smallest absolute Gasteiger partial charge is 0.290 e. The molecule has 5 heteroatoms. The normalized spacial score (nSPS) is 15.8. The third-order valence-corrected chi connectivity index (χ3v) is 4.70. The molecular weight excluding hydrogens is 330 g/mol. The van der Waals surface area contributed by atoms with E-state index in [0.29, 0.717) is 31.2 Å². The molecule has 0 radical (unpaired) electrons. The highest BCUT2D eigenvalue weighted by Crippen LogP contribution is 2.31. The van der Waals surface area contributed by atoms with Crippen LogP contribution in [0.1, 0.15) is 23.0 Å². The second-order valence-electron chi connectivity index (χ2n) is 6.39. The van der Waals surface area contributed by atoms with Gasteiger partial charge < -0.3 is 18.8 Å². The first-order valence-electron chi connectivity index (χ1n) is 8.83. The number of benzene rings is 2. The number of fused-ring (bicyclic) bond motifs is 2. The molecule has 0 N–H and O–H groups in total. The van der Waals surface area contributed by atoms with Crippen LogP contribution in [0, 0.1) is 6.92 Å². The molecule has 0 saturated carbocycles. The quantitative estimate of drug-likeness (QED) is 0.712. The molecule has 0 aliphatic carbocycles. The fraction of sp³-hybridized carbons (Fsp3) is 0.286. The number of furan rings is 1. The van der Waals surface area contributed by atoms with Crippen LogP contribution < -0.4 is 9.47 Å². The number of hydrogen-bond donors (Lipinski definition) is 0. The Morgan fingerprint density at radius 2 is 1.85 bits per heavy atom. The molecule has 1 atom stereocenters. The molecule has 5 nitrogen and oxygen atoms in total. The topological polar surface area (TPSA) is 51.9 Å². The molecule has 1 aliphatic heterocycles. The highest BCUT2D eigenvalue weighted by molar-refractivity contribution is 5.98. The predicted molar refractivity (Wildman–Crippen MR) is 98.9 cm³/mol. The molecule has 1 aliphatic rings. The van der Waals surface area contributed by atoms with Crippen LogP contribution in [0.5, 0.6) is 11.5 Å². The molecule has 4 rings (SSSR count). The summed E-state index contributed by atoms with van der Waals surface area (Å²) >= 11 is 0. The Balaban J connectivity index is 1.53. The van der Waals surface area contributed by atoms with Crippen molar-refractivity contribution >= 4 is 16.9 Å². The summed E-state index contributed by atoms with van der Waals surface area (Å²) in [5.74, 6) is 1.73. The van der Waals surface area contributed by atoms with Crippen LogP contribution in [0.2, 0.25) is 0 Å². The third kappa shape index (κ3) is 2.90. The number of nitrogens with zero attached hydrogens (tertiary/aromatic N) is 1. The largest absolute Gasteiger partial charge is 0.486 e. The van der Waals surface area contributed by atoms with Crippen molar-refractivity contribution in [1.82, 2.24) is 4.90 Å². The average Bonchev–Trinajstić information content (AvgIpc) is 3.02. The Morgan fingerprint density at radius 3 is 2.62 bits per heavy atom. The summed E-state index contributed by atoms with van der Waals surface area (Å²) in [5, 5.41) is 0.970. The van der Waals surface area contributed by atoms with Gasteiger partial charge in [0.1, 0.15) is 12.2 Å². The summed E-state index contributed by atoms with van der Waals surface area (Å²) in [5.41, 5.74) is 1.60. The van der Waals surface area contributed by atoms with E-state index >= 15 is 0 Å². The fourth-order valence-corrected chi connectivity index (χ4v) is 3.28. The van der Waals surface area contributed by atoms with Crippen molar-refractivity contribution in [2.45, 2.75) is 20.0 Å². The lowest BCUT2D eigenvalue weighted by Gasteiger charge is -2.30. The summed E-state index contributed by atoms with van der Waals surface area (Å²) in [6.45, 7) is 5.30. The maximum atomic E-state index is 13.0. The molecule has 1 amide bonds. The summed E-state index contributed by atoms with van der Waals surface area (Å²) in [4.78, 5) is 14.8. The minimum Gasteiger partial charge on any atom is -0.486 e. The SMILES string of the molecule is CCN(CC1COc2ccccc2O1)C(=O)c1oc2ccccc2c1C. The van der Waals surface area contributed by atoms with Gasteiger partial charge in [0.15, 0.2) is 23.4 Å². The molecule has 1 unspecified atom stereocenters. The fourth-order valence-electron chi connectivity index (χ4n) is 3.28. The van der Waals surface area contributed by atoms with Crippen LogP contribution in [0.25, 0.3) is 11.0 Å². The minimum absolute atomic E-state index is 0.122. The first-order chi connectivity index (χ1) is 12.7. The highest BCUT2D eigenvalue weighted by Gasteiger charge is 2.28. The van der Waals surface area contributed by atoms with Crippen molar-refractivity contribution < 1.29 is 18.7 Å². The Labute approximate surface area is 152 Å². The van der Waals surface area contributed by atoms with Gasteiger partial charge in [0.25, 0.3) is 5.91 Å². The van der Waals surface area contributed by atoms with Crippen molar-refractivity contribution in [1.29, 1.82) is 0 Å². The molecule has 0 saturated heterocycles. The van der Waals surface area contributed by atoms with Gasteiger partial charge in [-0.1, -0.05) is 30.3 Å². The number of carbonyl (C=O) groups is 1. The summed E-state index contributed by atoms with van der Waals surface area (Å²) in [7, 11) is 0. The Bertz CT molecular complexity index is 946. The van der Waals surface area contributed by atoms with Crippen molar-refractivity contribution in [3.8, 4) is 11.5 Å². The van der Waals surface area contributed by atoms with Gasteiger partial charge in [0, 0.05) is 17.5 Å². The Hall–Kier alpha value is -2.95. The van der Waals surface area contributed by atoms with E-state index in [1.165, 1.54) is 0 Å². The van der Waals surface area contributed by atoms with Gasteiger partial charge in [-0.15, -0.1) is 0 Å². The number of rotatable bonds is 4. The van der Waals surface area contributed by atoms with Crippen molar-refractivity contribution in [3.05, 3.63) is 59.9 Å². The van der Waals surface area contributed by atoms with E-state index in [4.69, 9.17) is 13.9 Å². The first-order valence-corrected chi connectivity index (χ1v) is 8.83. The zero-order valence-corrected chi connectivity index (χ0v) is 14.9. The van der Waals surface area contributed by atoms with Gasteiger partial charge in [0.05, 0.1) is 6.54 Å². The zero-order chi connectivity index (χ0) is 18.1. The molecule has 0 bridgehead atoms. The van der Waals surface area contributed by atoms with Crippen LogP contribution in [-0.4, -0.2) is 36.6 Å². The lowest BCUT2D eigenvalue weighted by atomic mass is 10.1. The highest BCUT2D eigenvalue weighted by atomic mass is 16.6. The maximum Gasteiger partial charge on any atom is 0.290 e. The number of likely N-dealkylation sites (N-methyl/N-ethyl adjacent to an activating group) is 1. The second kappa shape index (κ2) is 6.75. The number of aryl methyl sites for hydroxylation is 1. The second-order valence-corrected chi connectivity index (χ2v) is 6.39. The van der Waals surface area contributed by atoms with Crippen LogP contribution in [0.3, 0.4) is 0 Å². The third-order valence-electron chi connectivity index (χ3n) is 4.70. The molecule has 134 valence electrons. The summed E-state index contributed by atoms with van der Waals surface area (Å²) in [6, 6.07) is 15.3. The Morgan fingerprint density at radius 1 is 1.12 bits per heavy atom. The van der Waals surface area contributed by atoms with Crippen molar-refractivity contribution in [2.24, 2.45) is 0 Å². The summed E-state index contributed by atoms with van der Waals surface area (Å²) < 4.78 is 17.6. The number of carbonyl (C=O) groups excluding carboxylic acids is 1. The standard InChI is InChI=1S/C21H21NO4/c1-3-22(12-15-13-24-18-10-6-7-11-19(18)25-15)21(23)20-14(2)16-8-4-5-9-17(16)26-20/h4-11,15H,3,12-13H2,1-2H3. The van der Waals surface area contributed by atoms with Gasteiger partial charge in [-0.2, -0.15) is 0 Å². The van der Waals surface area contributed by atoms with Gasteiger partial charge in [0.2, 0.25) is 0 Å². The van der Waals surface area contributed by atoms with Crippen LogP contribution >= 0.6 is 0 Å². The monoisotopic (exact) mass is 351 g/mol. The van der Waals surface area contributed by atoms with E-state index in [1.807, 2.05) is 62.4 Å². The minimum atomic E-state index is -0.210. The van der Waals surface area contributed by atoms with E-state index in [-0.39, 0.29) is 12.0 Å². The van der Waals surface area contributed by atoms with E-state index in [1.54, 1.807) is 4.90 Å². The molecule has 3 aromatic rings. The van der Waals surface area contributed by atoms with Crippen LogP contribution in [0.4, 0.5) is 0 Å². The van der Waals surface area contributed by atoms with Gasteiger partial charge in [-0.05, 0) is 32.0 Å². The molecule has 2 aromatic carbocycles. The van der Waals surface area contributed by atoms with Gasteiger partial charge in [-0.25, -0.2) is 0 Å². The summed E-state index contributed by atoms with van der Waals surface area (Å²) in [6.07, 6.45) is -0.210. The van der Waals surface area contributed by atoms with E-state index in [2.05, 4.69) is 0 Å².